The summed E-state index contributed by atoms with van der Waals surface area (Å²) in [6, 6.07) is 0. The molecule has 0 bridgehead atoms. The van der Waals surface area contributed by atoms with Crippen LogP contribution in [0.5, 0.6) is 0 Å². The van der Waals surface area contributed by atoms with Gasteiger partial charge in [-0.05, 0) is 5.41 Å². The van der Waals surface area contributed by atoms with Crippen molar-refractivity contribution >= 4 is 24.0 Å². The van der Waals surface area contributed by atoms with Crippen LogP contribution in [0.2, 0.25) is 0 Å². The fraction of sp³-hybridized carbons (Fsp3) is 0.500. The lowest BCUT2D eigenvalue weighted by Gasteiger charge is -2.09. The molecule has 0 unspecified atom stereocenters. The van der Waals surface area contributed by atoms with Gasteiger partial charge in [-0.2, -0.15) is 0 Å². The largest absolute Gasteiger partial charge is 0.303 e. The number of hydrogen-bond donors (Lipinski definition) is 0. The second-order valence-electron chi connectivity index (χ2n) is 4.23. The number of nitrogens with zero attached hydrogens (tertiary/aromatic N) is 1. The molecule has 0 aliphatic rings. The van der Waals surface area contributed by atoms with E-state index in [9.17, 15) is 4.79 Å². The molecule has 0 aliphatic carbocycles. The molecule has 2 nitrogen and oxygen atoms in total. The Bertz CT molecular complexity index is 459. The smallest absolute Gasteiger partial charge is 0.268 e. The molecule has 3 heteroatoms. The van der Waals surface area contributed by atoms with E-state index < -0.39 is 0 Å². The van der Waals surface area contributed by atoms with Crippen molar-refractivity contribution in [2.75, 3.05) is 0 Å². The van der Waals surface area contributed by atoms with Crippen LogP contribution in [0.15, 0.2) is 4.79 Å². The highest BCUT2D eigenvalue weighted by atomic mass is 32.1. The van der Waals surface area contributed by atoms with Crippen LogP contribution < -0.4 is 14.8 Å². The quantitative estimate of drug-likeness (QED) is 0.599. The lowest BCUT2D eigenvalue weighted by Crippen LogP contribution is -2.29. The maximum atomic E-state index is 11.6. The zero-order chi connectivity index (χ0) is 10.2. The standard InChI is InChI=1S/C10H15NOS/c1-7-11(5)9(12)8(13-7)6-10(2,3)4/h6H,1H2,2-5H3/b8-6+. The Morgan fingerprint density at radius 3 is 2.31 bits per heavy atom. The highest BCUT2D eigenvalue weighted by Gasteiger charge is 2.07. The average Bonchev–Trinajstić information content (AvgIpc) is 2.15. The third-order valence-electron chi connectivity index (χ3n) is 1.68. The molecular formula is C10H15NOS. The van der Waals surface area contributed by atoms with Crippen LogP contribution in [0, 0.1) is 5.41 Å². The summed E-state index contributed by atoms with van der Waals surface area (Å²) in [6.45, 7) is 10.0. The second-order valence-corrected chi connectivity index (χ2v) is 5.35. The van der Waals surface area contributed by atoms with E-state index in [2.05, 4.69) is 27.4 Å². The minimum absolute atomic E-state index is 0.0451. The van der Waals surface area contributed by atoms with E-state index in [-0.39, 0.29) is 11.0 Å². The van der Waals surface area contributed by atoms with Crippen LogP contribution in [0.4, 0.5) is 0 Å². The molecule has 0 radical (unpaired) electrons. The van der Waals surface area contributed by atoms with Gasteiger partial charge < -0.3 is 4.57 Å². The molecule has 0 saturated heterocycles. The van der Waals surface area contributed by atoms with Crippen LogP contribution in [-0.2, 0) is 7.05 Å². The Morgan fingerprint density at radius 1 is 1.46 bits per heavy atom. The van der Waals surface area contributed by atoms with Gasteiger partial charge in [0.05, 0.1) is 9.20 Å². The molecule has 1 heterocycles. The van der Waals surface area contributed by atoms with E-state index in [0.717, 1.165) is 9.20 Å². The van der Waals surface area contributed by atoms with Crippen molar-refractivity contribution in [1.29, 1.82) is 0 Å². The van der Waals surface area contributed by atoms with Gasteiger partial charge in [0, 0.05) is 7.05 Å². The van der Waals surface area contributed by atoms with E-state index in [1.807, 2.05) is 6.08 Å². The van der Waals surface area contributed by atoms with Gasteiger partial charge >= 0.3 is 0 Å². The van der Waals surface area contributed by atoms with Crippen LogP contribution in [0.1, 0.15) is 20.8 Å². The molecule has 1 aromatic heterocycles. The first kappa shape index (κ1) is 10.3. The van der Waals surface area contributed by atoms with Crippen molar-refractivity contribution in [2.24, 2.45) is 12.5 Å². The van der Waals surface area contributed by atoms with Gasteiger partial charge in [-0.3, -0.25) is 4.79 Å². The fourth-order valence-corrected chi connectivity index (χ4v) is 2.11. The topological polar surface area (TPSA) is 22.0 Å². The van der Waals surface area contributed by atoms with E-state index in [0.29, 0.717) is 0 Å². The Balaban J connectivity index is 3.50. The SMILES string of the molecule is C=c1s/c(=C/C(C)(C)C)c(=O)n1C. The highest BCUT2D eigenvalue weighted by Crippen LogP contribution is 2.13. The Morgan fingerprint density at radius 2 is 2.00 bits per heavy atom. The van der Waals surface area contributed by atoms with E-state index in [1.165, 1.54) is 11.3 Å². The molecule has 13 heavy (non-hydrogen) atoms. The van der Waals surface area contributed by atoms with Gasteiger partial charge in [-0.1, -0.05) is 33.4 Å². The Labute approximate surface area is 81.8 Å². The van der Waals surface area contributed by atoms with Crippen molar-refractivity contribution in [1.82, 2.24) is 4.57 Å². The molecular weight excluding hydrogens is 182 g/mol. The second kappa shape index (κ2) is 3.14. The molecule has 0 aromatic carbocycles. The van der Waals surface area contributed by atoms with Gasteiger partial charge in [0.1, 0.15) is 0 Å². The van der Waals surface area contributed by atoms with Crippen LogP contribution in [0.3, 0.4) is 0 Å². The zero-order valence-corrected chi connectivity index (χ0v) is 9.36. The normalized spacial score (nSPS) is 13.7. The third kappa shape index (κ3) is 2.31. The summed E-state index contributed by atoms with van der Waals surface area (Å²) in [5.41, 5.74) is 0.105. The molecule has 72 valence electrons. The van der Waals surface area contributed by atoms with E-state index in [1.54, 1.807) is 11.6 Å². The van der Waals surface area contributed by atoms with Crippen molar-refractivity contribution in [3.05, 3.63) is 19.5 Å². The fourth-order valence-electron chi connectivity index (χ4n) is 1.00. The molecule has 0 spiro atoms. The van der Waals surface area contributed by atoms with Crippen LogP contribution in [-0.4, -0.2) is 4.57 Å². The molecule has 0 saturated carbocycles. The first-order valence-electron chi connectivity index (χ1n) is 4.19. The van der Waals surface area contributed by atoms with Crippen molar-refractivity contribution in [2.45, 2.75) is 20.8 Å². The van der Waals surface area contributed by atoms with Crippen molar-refractivity contribution in [3.63, 3.8) is 0 Å². The van der Waals surface area contributed by atoms with Gasteiger partial charge in [-0.15, -0.1) is 11.3 Å². The number of rotatable bonds is 0. The van der Waals surface area contributed by atoms with Gasteiger partial charge in [-0.25, -0.2) is 0 Å². The zero-order valence-electron chi connectivity index (χ0n) is 8.55. The van der Waals surface area contributed by atoms with Gasteiger partial charge in [0.15, 0.2) is 0 Å². The Kier molecular flexibility index (Phi) is 2.48. The molecule has 0 atom stereocenters. The maximum Gasteiger partial charge on any atom is 0.268 e. The predicted molar refractivity (Wildman–Crippen MR) is 58.3 cm³/mol. The summed E-state index contributed by atoms with van der Waals surface area (Å²) in [4.78, 5) is 11.6. The molecule has 0 aliphatic heterocycles. The summed E-state index contributed by atoms with van der Waals surface area (Å²) in [6.07, 6.45) is 1.99. The molecule has 0 fully saturated rings. The molecule has 1 aromatic rings. The van der Waals surface area contributed by atoms with Gasteiger partial charge in [0.25, 0.3) is 5.56 Å². The molecule has 1 rings (SSSR count). The number of aromatic nitrogens is 1. The van der Waals surface area contributed by atoms with Crippen LogP contribution in [0.25, 0.3) is 12.7 Å². The number of hydrogen-bond acceptors (Lipinski definition) is 2. The minimum atomic E-state index is 0.0451. The lowest BCUT2D eigenvalue weighted by molar-refractivity contribution is 0.584. The molecule has 0 N–H and O–H groups in total. The van der Waals surface area contributed by atoms with E-state index >= 15 is 0 Å². The highest BCUT2D eigenvalue weighted by molar-refractivity contribution is 7.07. The minimum Gasteiger partial charge on any atom is -0.303 e. The lowest BCUT2D eigenvalue weighted by atomic mass is 9.97. The summed E-state index contributed by atoms with van der Waals surface area (Å²) >= 11 is 1.45. The third-order valence-corrected chi connectivity index (χ3v) is 2.70. The number of thiazole rings is 1. The predicted octanol–water partition coefficient (Wildman–Crippen LogP) is 0.684. The average molecular weight is 197 g/mol. The van der Waals surface area contributed by atoms with Crippen LogP contribution >= 0.6 is 11.3 Å². The van der Waals surface area contributed by atoms with Crippen molar-refractivity contribution < 1.29 is 0 Å². The monoisotopic (exact) mass is 197 g/mol. The molecule has 0 amide bonds. The van der Waals surface area contributed by atoms with E-state index in [4.69, 9.17) is 0 Å². The van der Waals surface area contributed by atoms with Gasteiger partial charge in [0.2, 0.25) is 0 Å². The summed E-state index contributed by atoms with van der Waals surface area (Å²) in [5, 5.41) is 0. The van der Waals surface area contributed by atoms with Crippen molar-refractivity contribution in [3.8, 4) is 0 Å². The summed E-state index contributed by atoms with van der Waals surface area (Å²) in [7, 11) is 1.75. The Hall–Kier alpha value is -0.830. The summed E-state index contributed by atoms with van der Waals surface area (Å²) in [5.74, 6) is 0. The maximum absolute atomic E-state index is 11.6. The summed E-state index contributed by atoms with van der Waals surface area (Å²) < 4.78 is 3.18. The first-order valence-corrected chi connectivity index (χ1v) is 5.00. The first-order chi connectivity index (χ1) is 5.81.